The van der Waals surface area contributed by atoms with Gasteiger partial charge in [0.1, 0.15) is 37.3 Å². The molecule has 162 valence electrons. The lowest BCUT2D eigenvalue weighted by atomic mass is 9.99. The molecule has 0 spiro atoms. The van der Waals surface area contributed by atoms with Crippen molar-refractivity contribution >= 4 is 0 Å². The third kappa shape index (κ3) is 9.17. The molecule has 0 saturated carbocycles. The molecule has 1 aliphatic heterocycles. The Morgan fingerprint density at radius 3 is 2.30 bits per heavy atom. The Kier molecular flexibility index (Phi) is 14.3. The van der Waals surface area contributed by atoms with Crippen molar-refractivity contribution in [1.82, 2.24) is 0 Å². The van der Waals surface area contributed by atoms with Gasteiger partial charge in [0.05, 0.1) is 13.2 Å². The summed E-state index contributed by atoms with van der Waals surface area (Å²) in [5.41, 5.74) is 0. The molecule has 1 rings (SSSR count). The van der Waals surface area contributed by atoms with E-state index in [-0.39, 0.29) is 19.5 Å². The molecule has 1 fully saturated rings. The summed E-state index contributed by atoms with van der Waals surface area (Å²) >= 11 is 0. The molecule has 0 unspecified atom stereocenters. The second-order valence-corrected chi connectivity index (χ2v) is 7.01. The van der Waals surface area contributed by atoms with Gasteiger partial charge in [0.25, 0.3) is 0 Å². The van der Waals surface area contributed by atoms with Crippen LogP contribution >= 0.6 is 0 Å². The molecule has 1 saturated heterocycles. The fourth-order valence-electron chi connectivity index (χ4n) is 2.90. The van der Waals surface area contributed by atoms with Crippen molar-refractivity contribution in [3.8, 4) is 0 Å². The Morgan fingerprint density at radius 2 is 1.63 bits per heavy atom. The summed E-state index contributed by atoms with van der Waals surface area (Å²) in [6, 6.07) is 0. The van der Waals surface area contributed by atoms with Crippen LogP contribution in [0.4, 0.5) is 0 Å². The molecule has 0 bridgehead atoms. The van der Waals surface area contributed by atoms with Gasteiger partial charge in [0.2, 0.25) is 0 Å². The van der Waals surface area contributed by atoms with E-state index in [1.54, 1.807) is 0 Å². The first-order valence-electron chi connectivity index (χ1n) is 10.5. The van der Waals surface area contributed by atoms with Crippen LogP contribution in [0.25, 0.3) is 0 Å². The zero-order valence-electron chi connectivity index (χ0n) is 17.3. The number of rotatable bonds is 15. The van der Waals surface area contributed by atoms with E-state index in [2.05, 4.69) is 20.8 Å². The largest absolute Gasteiger partial charge is 0.394 e. The van der Waals surface area contributed by atoms with Gasteiger partial charge in [-0.25, -0.2) is 0 Å². The quantitative estimate of drug-likeness (QED) is 0.413. The topological polar surface area (TPSA) is 86.6 Å². The monoisotopic (exact) mass is 392 g/mol. The van der Waals surface area contributed by atoms with Crippen LogP contribution in [0.5, 0.6) is 0 Å². The van der Waals surface area contributed by atoms with E-state index < -0.39 is 24.4 Å². The maximum absolute atomic E-state index is 10.7. The lowest BCUT2D eigenvalue weighted by Crippen LogP contribution is -2.52. The molecule has 0 aromatic heterocycles. The average molecular weight is 393 g/mol. The second kappa shape index (κ2) is 15.6. The Labute approximate surface area is 164 Å². The summed E-state index contributed by atoms with van der Waals surface area (Å²) in [6.45, 7) is 8.14. The number of unbranched alkanes of at least 4 members (excludes halogenated alkanes) is 3. The molecule has 0 radical (unpaired) electrons. The van der Waals surface area contributed by atoms with Gasteiger partial charge in [0.15, 0.2) is 0 Å². The summed E-state index contributed by atoms with van der Waals surface area (Å²) in [4.78, 5) is 0. The highest BCUT2D eigenvalue weighted by molar-refractivity contribution is 4.90. The first-order chi connectivity index (χ1) is 13.2. The van der Waals surface area contributed by atoms with Crippen LogP contribution < -0.4 is 0 Å². The van der Waals surface area contributed by atoms with Crippen LogP contribution in [0, 0.1) is 0 Å². The van der Waals surface area contributed by atoms with Gasteiger partial charge in [-0.3, -0.25) is 0 Å². The summed E-state index contributed by atoms with van der Waals surface area (Å²) in [6.07, 6.45) is 2.64. The minimum Gasteiger partial charge on any atom is -0.394 e. The molecule has 1 heterocycles. The van der Waals surface area contributed by atoms with Crippen LogP contribution in [-0.2, 0) is 23.7 Å². The van der Waals surface area contributed by atoms with E-state index in [1.165, 1.54) is 0 Å². The van der Waals surface area contributed by atoms with E-state index in [9.17, 15) is 10.2 Å². The summed E-state index contributed by atoms with van der Waals surface area (Å²) < 4.78 is 29.1. The molecule has 1 aliphatic rings. The molecule has 0 amide bonds. The molecule has 27 heavy (non-hydrogen) atoms. The molecule has 0 aromatic carbocycles. The van der Waals surface area contributed by atoms with Crippen LogP contribution in [-0.4, -0.2) is 80.6 Å². The zero-order chi connectivity index (χ0) is 19.9. The lowest BCUT2D eigenvalue weighted by Gasteiger charge is -2.34. The standard InChI is InChI=1S/C20H40O7/c1-4-7-10-23-14-17(24-11-8-5-2)19-20(25-12-9-6-3)18(22)16(13-21)26-15-27-19/h16-22H,4-15H2,1-3H3/t16-,17-,18-,19-,20+/m1/s1. The Hall–Kier alpha value is -0.280. The van der Waals surface area contributed by atoms with Gasteiger partial charge in [-0.05, 0) is 19.3 Å². The summed E-state index contributed by atoms with van der Waals surface area (Å²) in [7, 11) is 0. The van der Waals surface area contributed by atoms with Gasteiger partial charge in [-0.1, -0.05) is 40.0 Å². The first-order valence-corrected chi connectivity index (χ1v) is 10.5. The predicted molar refractivity (Wildman–Crippen MR) is 103 cm³/mol. The normalized spacial score (nSPS) is 27.4. The van der Waals surface area contributed by atoms with Gasteiger partial charge in [0, 0.05) is 19.8 Å². The van der Waals surface area contributed by atoms with Crippen molar-refractivity contribution in [3.63, 3.8) is 0 Å². The van der Waals surface area contributed by atoms with Gasteiger partial charge < -0.3 is 33.9 Å². The highest BCUT2D eigenvalue weighted by Gasteiger charge is 2.42. The van der Waals surface area contributed by atoms with E-state index >= 15 is 0 Å². The maximum atomic E-state index is 10.7. The third-order valence-corrected chi connectivity index (χ3v) is 4.69. The number of aliphatic hydroxyl groups excluding tert-OH is 2. The molecule has 7 heteroatoms. The van der Waals surface area contributed by atoms with E-state index in [1.807, 2.05) is 0 Å². The fourth-order valence-corrected chi connectivity index (χ4v) is 2.90. The summed E-state index contributed by atoms with van der Waals surface area (Å²) in [5.74, 6) is 0. The molecular weight excluding hydrogens is 352 g/mol. The van der Waals surface area contributed by atoms with Crippen molar-refractivity contribution in [2.24, 2.45) is 0 Å². The second-order valence-electron chi connectivity index (χ2n) is 7.01. The van der Waals surface area contributed by atoms with Crippen LogP contribution in [0.2, 0.25) is 0 Å². The van der Waals surface area contributed by atoms with E-state index in [0.717, 1.165) is 38.5 Å². The van der Waals surface area contributed by atoms with Crippen LogP contribution in [0.3, 0.4) is 0 Å². The van der Waals surface area contributed by atoms with Crippen molar-refractivity contribution in [2.45, 2.75) is 89.8 Å². The van der Waals surface area contributed by atoms with Crippen molar-refractivity contribution in [1.29, 1.82) is 0 Å². The molecule has 2 N–H and O–H groups in total. The van der Waals surface area contributed by atoms with Crippen molar-refractivity contribution in [2.75, 3.05) is 39.8 Å². The molecule has 5 atom stereocenters. The van der Waals surface area contributed by atoms with Crippen molar-refractivity contribution < 1.29 is 33.9 Å². The van der Waals surface area contributed by atoms with E-state index in [0.29, 0.717) is 26.4 Å². The van der Waals surface area contributed by atoms with Gasteiger partial charge in [-0.2, -0.15) is 0 Å². The number of aliphatic hydroxyl groups is 2. The SMILES string of the molecule is CCCCOC[C@@H](OCCCC)[C@H]1OCO[C@H](CO)[C@@H](O)[C@@H]1OCCCC. The average Bonchev–Trinajstić information content (AvgIpc) is 2.83. The molecule has 0 aliphatic carbocycles. The minimum atomic E-state index is -0.993. The van der Waals surface area contributed by atoms with E-state index in [4.69, 9.17) is 23.7 Å². The van der Waals surface area contributed by atoms with Crippen LogP contribution in [0.15, 0.2) is 0 Å². The number of ether oxygens (including phenoxy) is 5. The number of hydrogen-bond acceptors (Lipinski definition) is 7. The first kappa shape index (κ1) is 24.8. The maximum Gasteiger partial charge on any atom is 0.147 e. The highest BCUT2D eigenvalue weighted by Crippen LogP contribution is 2.23. The fraction of sp³-hybridized carbons (Fsp3) is 1.00. The van der Waals surface area contributed by atoms with Gasteiger partial charge >= 0.3 is 0 Å². The predicted octanol–water partition coefficient (Wildman–Crippen LogP) is 2.27. The lowest BCUT2D eigenvalue weighted by molar-refractivity contribution is -0.179. The summed E-state index contributed by atoms with van der Waals surface area (Å²) in [5, 5.41) is 20.2. The smallest absolute Gasteiger partial charge is 0.147 e. The molecular formula is C20H40O7. The Balaban J connectivity index is 2.84. The molecule has 7 nitrogen and oxygen atoms in total. The number of hydrogen-bond donors (Lipinski definition) is 2. The van der Waals surface area contributed by atoms with Gasteiger partial charge in [-0.15, -0.1) is 0 Å². The minimum absolute atomic E-state index is 0.0246. The molecule has 0 aromatic rings. The Morgan fingerprint density at radius 1 is 0.963 bits per heavy atom. The Bertz CT molecular complexity index is 342. The highest BCUT2D eigenvalue weighted by atomic mass is 16.7. The van der Waals surface area contributed by atoms with Crippen LogP contribution in [0.1, 0.15) is 59.3 Å². The zero-order valence-corrected chi connectivity index (χ0v) is 17.3. The third-order valence-electron chi connectivity index (χ3n) is 4.69. The van der Waals surface area contributed by atoms with Crippen molar-refractivity contribution in [3.05, 3.63) is 0 Å².